The minimum atomic E-state index is -0.394. The Morgan fingerprint density at radius 2 is 1.84 bits per heavy atom. The van der Waals surface area contributed by atoms with Gasteiger partial charge < -0.3 is 5.32 Å². The third-order valence-corrected chi connectivity index (χ3v) is 5.47. The van der Waals surface area contributed by atoms with Crippen LogP contribution in [0, 0.1) is 0 Å². The predicted molar refractivity (Wildman–Crippen MR) is 120 cm³/mol. The fourth-order valence-electron chi connectivity index (χ4n) is 3.00. The van der Waals surface area contributed by atoms with E-state index in [2.05, 4.69) is 25.7 Å². The number of nitrogens with zero attached hydrogens (tertiary/aromatic N) is 4. The summed E-state index contributed by atoms with van der Waals surface area (Å²) < 4.78 is 2.35. The number of thiazole rings is 1. The predicted octanol–water partition coefficient (Wildman–Crippen LogP) is 3.83. The quantitative estimate of drug-likeness (QED) is 0.497. The maximum atomic E-state index is 12.9. The maximum Gasteiger partial charge on any atom is 0.273 e. The van der Waals surface area contributed by atoms with Crippen molar-refractivity contribution in [3.05, 3.63) is 71.7 Å². The fourth-order valence-corrected chi connectivity index (χ4v) is 3.92. The van der Waals surface area contributed by atoms with Crippen LogP contribution in [0.15, 0.2) is 54.9 Å². The van der Waals surface area contributed by atoms with Crippen LogP contribution >= 0.6 is 11.3 Å². The Morgan fingerprint density at radius 3 is 2.52 bits per heavy atom. The largest absolute Gasteiger partial charge is 0.346 e. The van der Waals surface area contributed by atoms with E-state index in [4.69, 9.17) is 0 Å². The van der Waals surface area contributed by atoms with Crippen molar-refractivity contribution in [3.8, 4) is 0 Å². The smallest absolute Gasteiger partial charge is 0.273 e. The highest BCUT2D eigenvalue weighted by molar-refractivity contribution is 7.22. The molecule has 3 aromatic heterocycles. The van der Waals surface area contributed by atoms with Crippen molar-refractivity contribution in [1.82, 2.24) is 25.1 Å². The molecule has 0 aliphatic rings. The number of fused-ring (bicyclic) bond motifs is 1. The standard InChI is InChI=1S/C22H22N6O2S/c1-22(2,3)28-18-17(16(27-28)20(30)24-13-14-8-7-11-23-12-14)31-21(25-18)26-19(29)15-9-5-4-6-10-15/h4-12H,13H2,1-3H3,(H,24,30)(H,25,26,29). The van der Waals surface area contributed by atoms with Crippen LogP contribution in [-0.4, -0.2) is 31.6 Å². The molecule has 0 saturated carbocycles. The van der Waals surface area contributed by atoms with Gasteiger partial charge in [-0.3, -0.25) is 19.9 Å². The van der Waals surface area contributed by atoms with Crippen LogP contribution in [-0.2, 0) is 12.1 Å². The summed E-state index contributed by atoms with van der Waals surface area (Å²) in [6, 6.07) is 12.6. The number of carbonyl (C=O) groups excluding carboxylic acids is 2. The van der Waals surface area contributed by atoms with Gasteiger partial charge >= 0.3 is 0 Å². The molecule has 1 aromatic carbocycles. The van der Waals surface area contributed by atoms with Gasteiger partial charge in [0, 0.05) is 24.5 Å². The zero-order chi connectivity index (χ0) is 22.0. The third kappa shape index (κ3) is 4.46. The molecule has 0 radical (unpaired) electrons. The molecule has 9 heteroatoms. The van der Waals surface area contributed by atoms with Gasteiger partial charge in [-0.15, -0.1) is 0 Å². The van der Waals surface area contributed by atoms with Crippen molar-refractivity contribution < 1.29 is 9.59 Å². The van der Waals surface area contributed by atoms with Crippen molar-refractivity contribution in [2.75, 3.05) is 5.32 Å². The van der Waals surface area contributed by atoms with E-state index in [-0.39, 0.29) is 17.5 Å². The Balaban J connectivity index is 1.64. The fraction of sp³-hybridized carbons (Fsp3) is 0.227. The van der Waals surface area contributed by atoms with Crippen molar-refractivity contribution in [2.45, 2.75) is 32.9 Å². The van der Waals surface area contributed by atoms with Gasteiger partial charge in [-0.05, 0) is 44.5 Å². The first-order valence-corrected chi connectivity index (χ1v) is 10.6. The van der Waals surface area contributed by atoms with Gasteiger partial charge in [0.2, 0.25) is 0 Å². The van der Waals surface area contributed by atoms with E-state index < -0.39 is 5.54 Å². The first kappa shape index (κ1) is 20.7. The normalized spacial score (nSPS) is 11.5. The van der Waals surface area contributed by atoms with E-state index in [1.807, 2.05) is 39.0 Å². The van der Waals surface area contributed by atoms with Gasteiger partial charge in [-0.1, -0.05) is 35.6 Å². The van der Waals surface area contributed by atoms with Crippen LogP contribution < -0.4 is 10.6 Å². The van der Waals surface area contributed by atoms with Crippen LogP contribution in [0.25, 0.3) is 10.3 Å². The molecule has 0 aliphatic heterocycles. The molecule has 2 amide bonds. The second kappa shape index (κ2) is 8.27. The number of benzene rings is 1. The molecule has 4 rings (SSSR count). The number of carbonyl (C=O) groups is 2. The van der Waals surface area contributed by atoms with Crippen molar-refractivity contribution in [3.63, 3.8) is 0 Å². The number of aromatic nitrogens is 4. The summed E-state index contributed by atoms with van der Waals surface area (Å²) in [7, 11) is 0. The number of hydrogen-bond acceptors (Lipinski definition) is 6. The molecule has 158 valence electrons. The Labute approximate surface area is 183 Å². The SMILES string of the molecule is CC(C)(C)n1nc(C(=O)NCc2cccnc2)c2sc(NC(=O)c3ccccc3)nc21. The minimum absolute atomic E-state index is 0.255. The molecule has 31 heavy (non-hydrogen) atoms. The second-order valence-corrected chi connectivity index (χ2v) is 8.97. The number of pyridine rings is 1. The zero-order valence-corrected chi connectivity index (χ0v) is 18.2. The van der Waals surface area contributed by atoms with Crippen LogP contribution in [0.1, 0.15) is 47.2 Å². The minimum Gasteiger partial charge on any atom is -0.346 e. The number of nitrogens with one attached hydrogen (secondary N) is 2. The van der Waals surface area contributed by atoms with Crippen molar-refractivity contribution >= 4 is 38.6 Å². The lowest BCUT2D eigenvalue weighted by Gasteiger charge is -2.19. The number of amides is 2. The first-order chi connectivity index (χ1) is 14.8. The Bertz CT molecular complexity index is 1230. The highest BCUT2D eigenvalue weighted by Gasteiger charge is 2.27. The maximum absolute atomic E-state index is 12.9. The van der Waals surface area contributed by atoms with Crippen LogP contribution in [0.2, 0.25) is 0 Å². The van der Waals surface area contributed by atoms with Crippen molar-refractivity contribution in [1.29, 1.82) is 0 Å². The molecule has 0 aliphatic carbocycles. The van der Waals surface area contributed by atoms with E-state index in [0.29, 0.717) is 27.6 Å². The molecule has 0 fully saturated rings. The average Bonchev–Trinajstić information content (AvgIpc) is 3.31. The summed E-state index contributed by atoms with van der Waals surface area (Å²) in [4.78, 5) is 34.1. The van der Waals surface area contributed by atoms with E-state index in [1.165, 1.54) is 11.3 Å². The summed E-state index contributed by atoms with van der Waals surface area (Å²) in [6.45, 7) is 6.29. The molecule has 0 spiro atoms. The Hall–Kier alpha value is -3.59. The summed E-state index contributed by atoms with van der Waals surface area (Å²) in [5.74, 6) is -0.559. The molecule has 4 aromatic rings. The average molecular weight is 435 g/mol. The van der Waals surface area contributed by atoms with Crippen LogP contribution in [0.5, 0.6) is 0 Å². The zero-order valence-electron chi connectivity index (χ0n) is 17.4. The van der Waals surface area contributed by atoms with E-state index in [1.54, 1.807) is 41.3 Å². The molecule has 0 atom stereocenters. The molecule has 2 N–H and O–H groups in total. The van der Waals surface area contributed by atoms with Gasteiger partial charge in [0.15, 0.2) is 16.5 Å². The second-order valence-electron chi connectivity index (χ2n) is 7.97. The molecule has 0 unspecified atom stereocenters. The number of hydrogen-bond donors (Lipinski definition) is 2. The van der Waals surface area contributed by atoms with Gasteiger partial charge in [-0.25, -0.2) is 4.68 Å². The summed E-state index contributed by atoms with van der Waals surface area (Å²) >= 11 is 1.23. The number of anilines is 1. The Morgan fingerprint density at radius 1 is 1.06 bits per heavy atom. The summed E-state index contributed by atoms with van der Waals surface area (Å²) in [5.41, 5.74) is 1.88. The monoisotopic (exact) mass is 434 g/mol. The lowest BCUT2D eigenvalue weighted by Crippen LogP contribution is -2.26. The Kier molecular flexibility index (Phi) is 5.51. The highest BCUT2D eigenvalue weighted by atomic mass is 32.1. The van der Waals surface area contributed by atoms with Gasteiger partial charge in [0.05, 0.1) is 5.54 Å². The van der Waals surface area contributed by atoms with Gasteiger partial charge in [0.25, 0.3) is 11.8 Å². The number of rotatable bonds is 5. The van der Waals surface area contributed by atoms with E-state index in [9.17, 15) is 9.59 Å². The lowest BCUT2D eigenvalue weighted by molar-refractivity contribution is 0.0945. The third-order valence-electron chi connectivity index (χ3n) is 4.51. The van der Waals surface area contributed by atoms with E-state index in [0.717, 1.165) is 5.56 Å². The molecule has 0 saturated heterocycles. The van der Waals surface area contributed by atoms with E-state index >= 15 is 0 Å². The molecule has 8 nitrogen and oxygen atoms in total. The summed E-state index contributed by atoms with van der Waals surface area (Å²) in [6.07, 6.45) is 3.38. The van der Waals surface area contributed by atoms with Crippen molar-refractivity contribution in [2.24, 2.45) is 0 Å². The molecule has 0 bridgehead atoms. The van der Waals surface area contributed by atoms with Gasteiger partial charge in [0.1, 0.15) is 4.70 Å². The summed E-state index contributed by atoms with van der Waals surface area (Å²) in [5, 5.41) is 10.7. The molecular weight excluding hydrogens is 412 g/mol. The highest BCUT2D eigenvalue weighted by Crippen LogP contribution is 2.32. The van der Waals surface area contributed by atoms with Crippen LogP contribution in [0.4, 0.5) is 5.13 Å². The lowest BCUT2D eigenvalue weighted by atomic mass is 10.1. The first-order valence-electron chi connectivity index (χ1n) is 9.76. The van der Waals surface area contributed by atoms with Gasteiger partial charge in [-0.2, -0.15) is 10.1 Å². The molecular formula is C22H22N6O2S. The topological polar surface area (TPSA) is 102 Å². The van der Waals surface area contributed by atoms with Crippen LogP contribution in [0.3, 0.4) is 0 Å². The molecule has 3 heterocycles.